The molecule has 19 heavy (non-hydrogen) atoms. The number of hydrogen-bond donors (Lipinski definition) is 1. The Kier molecular flexibility index (Phi) is 4.68. The van der Waals surface area contributed by atoms with Crippen LogP contribution in [0.15, 0.2) is 27.8 Å². The lowest BCUT2D eigenvalue weighted by atomic mass is 10.3. The van der Waals surface area contributed by atoms with Gasteiger partial charge < -0.3 is 9.73 Å². The van der Waals surface area contributed by atoms with Gasteiger partial charge in [0.25, 0.3) is 5.22 Å². The quantitative estimate of drug-likeness (QED) is 0.875. The molecule has 100 valence electrons. The van der Waals surface area contributed by atoms with Crippen molar-refractivity contribution in [2.24, 2.45) is 0 Å². The first-order valence-electron chi connectivity index (χ1n) is 5.23. The third-order valence-corrected chi connectivity index (χ3v) is 3.51. The van der Waals surface area contributed by atoms with Crippen molar-refractivity contribution in [1.29, 1.82) is 0 Å². The Morgan fingerprint density at radius 2 is 2.05 bits per heavy atom. The number of nitrogens with zero attached hydrogens (tertiary/aromatic N) is 2. The monoisotopic (exact) mass is 317 g/mol. The number of nitrogens with one attached hydrogen (secondary N) is 1. The lowest BCUT2D eigenvalue weighted by molar-refractivity contribution is -0.113. The molecule has 1 heterocycles. The van der Waals surface area contributed by atoms with Gasteiger partial charge in [-0.2, -0.15) is 0 Å². The molecule has 0 radical (unpaired) electrons. The predicted octanol–water partition coefficient (Wildman–Crippen LogP) is 3.42. The molecule has 2 rings (SSSR count). The van der Waals surface area contributed by atoms with Crippen LogP contribution < -0.4 is 5.32 Å². The number of carbonyl (C=O) groups excluding carboxylic acids is 1. The maximum Gasteiger partial charge on any atom is 0.277 e. The second kappa shape index (κ2) is 6.27. The summed E-state index contributed by atoms with van der Waals surface area (Å²) < 4.78 is 5.14. The van der Waals surface area contributed by atoms with Crippen LogP contribution in [0.4, 0.5) is 5.69 Å². The van der Waals surface area contributed by atoms with Crippen LogP contribution in [0, 0.1) is 6.92 Å². The molecule has 0 aliphatic rings. The molecular weight excluding hydrogens is 309 g/mol. The molecule has 5 nitrogen and oxygen atoms in total. The van der Waals surface area contributed by atoms with Crippen molar-refractivity contribution in [3.05, 3.63) is 34.1 Å². The smallest absolute Gasteiger partial charge is 0.277 e. The van der Waals surface area contributed by atoms with Gasteiger partial charge in [0.05, 0.1) is 21.5 Å². The number of para-hydroxylation sites is 1. The number of aromatic nitrogens is 2. The number of anilines is 1. The molecule has 1 N–H and O–H groups in total. The summed E-state index contributed by atoms with van der Waals surface area (Å²) in [5.41, 5.74) is 0.401. The number of thioether (sulfide) groups is 1. The maximum atomic E-state index is 11.8. The fourth-order valence-electron chi connectivity index (χ4n) is 1.26. The van der Waals surface area contributed by atoms with Gasteiger partial charge in [-0.3, -0.25) is 4.79 Å². The van der Waals surface area contributed by atoms with Gasteiger partial charge in [0.1, 0.15) is 0 Å². The largest absolute Gasteiger partial charge is 0.416 e. The maximum absolute atomic E-state index is 11.8. The van der Waals surface area contributed by atoms with Gasteiger partial charge in [-0.1, -0.05) is 41.0 Å². The Morgan fingerprint density at radius 3 is 2.63 bits per heavy atom. The van der Waals surface area contributed by atoms with Crippen LogP contribution >= 0.6 is 35.0 Å². The summed E-state index contributed by atoms with van der Waals surface area (Å²) in [5, 5.41) is 11.2. The summed E-state index contributed by atoms with van der Waals surface area (Å²) in [6.45, 7) is 1.68. The van der Waals surface area contributed by atoms with Crippen molar-refractivity contribution < 1.29 is 9.21 Å². The van der Waals surface area contributed by atoms with E-state index in [1.807, 2.05) is 0 Å². The standard InChI is InChI=1S/C11H9Cl2N3O2S/c1-6-15-16-11(18-6)19-5-9(17)14-10-7(12)3-2-4-8(10)13/h2-4H,5H2,1H3,(H,14,17). The van der Waals surface area contributed by atoms with E-state index in [1.165, 1.54) is 0 Å². The highest BCUT2D eigenvalue weighted by atomic mass is 35.5. The van der Waals surface area contributed by atoms with E-state index in [4.69, 9.17) is 27.6 Å². The van der Waals surface area contributed by atoms with Crippen molar-refractivity contribution in [3.63, 3.8) is 0 Å². The normalized spacial score (nSPS) is 10.5. The summed E-state index contributed by atoms with van der Waals surface area (Å²) in [5.74, 6) is 0.330. The van der Waals surface area contributed by atoms with Crippen LogP contribution in [0.5, 0.6) is 0 Å². The zero-order valence-corrected chi connectivity index (χ0v) is 12.1. The van der Waals surface area contributed by atoms with E-state index < -0.39 is 0 Å². The SMILES string of the molecule is Cc1nnc(SCC(=O)Nc2c(Cl)cccc2Cl)o1. The van der Waals surface area contributed by atoms with E-state index in [2.05, 4.69) is 15.5 Å². The molecule has 0 bridgehead atoms. The van der Waals surface area contributed by atoms with Gasteiger partial charge in [0.15, 0.2) is 0 Å². The second-order valence-corrected chi connectivity index (χ2v) is 5.26. The van der Waals surface area contributed by atoms with Crippen LogP contribution in [-0.2, 0) is 4.79 Å². The first-order valence-corrected chi connectivity index (χ1v) is 6.97. The Hall–Kier alpha value is -1.24. The molecule has 1 aromatic heterocycles. The topological polar surface area (TPSA) is 68.0 Å². The van der Waals surface area contributed by atoms with Crippen molar-refractivity contribution >= 4 is 46.6 Å². The Morgan fingerprint density at radius 1 is 1.37 bits per heavy atom. The van der Waals surface area contributed by atoms with Gasteiger partial charge in [-0.05, 0) is 12.1 Å². The van der Waals surface area contributed by atoms with Crippen LogP contribution in [0.1, 0.15) is 5.89 Å². The molecule has 8 heteroatoms. The minimum atomic E-state index is -0.254. The molecule has 0 spiro atoms. The zero-order valence-electron chi connectivity index (χ0n) is 9.81. The van der Waals surface area contributed by atoms with Crippen LogP contribution in [0.3, 0.4) is 0 Å². The lowest BCUT2D eigenvalue weighted by Crippen LogP contribution is -2.14. The number of halogens is 2. The fourth-order valence-corrected chi connectivity index (χ4v) is 2.35. The average Bonchev–Trinajstić information content (AvgIpc) is 2.77. The predicted molar refractivity (Wildman–Crippen MR) is 74.9 cm³/mol. The first kappa shape index (κ1) is 14.2. The molecule has 2 aromatic rings. The van der Waals surface area contributed by atoms with E-state index in [-0.39, 0.29) is 11.7 Å². The minimum absolute atomic E-state index is 0.128. The van der Waals surface area contributed by atoms with Crippen LogP contribution in [0.2, 0.25) is 10.0 Å². The highest BCUT2D eigenvalue weighted by Gasteiger charge is 2.11. The van der Waals surface area contributed by atoms with Crippen LogP contribution in [-0.4, -0.2) is 21.9 Å². The highest BCUT2D eigenvalue weighted by molar-refractivity contribution is 7.99. The molecule has 0 aliphatic heterocycles. The highest BCUT2D eigenvalue weighted by Crippen LogP contribution is 2.30. The molecule has 1 aromatic carbocycles. The second-order valence-electron chi connectivity index (χ2n) is 3.52. The Labute approximate surface area is 123 Å². The Balaban J connectivity index is 1.94. The number of rotatable bonds is 4. The van der Waals surface area contributed by atoms with E-state index in [1.54, 1.807) is 25.1 Å². The van der Waals surface area contributed by atoms with Gasteiger partial charge in [-0.25, -0.2) is 0 Å². The lowest BCUT2D eigenvalue weighted by Gasteiger charge is -2.07. The van der Waals surface area contributed by atoms with Crippen molar-refractivity contribution in [2.75, 3.05) is 11.1 Å². The molecule has 1 amide bonds. The van der Waals surface area contributed by atoms with E-state index in [0.717, 1.165) is 11.8 Å². The van der Waals surface area contributed by atoms with Crippen LogP contribution in [0.25, 0.3) is 0 Å². The van der Waals surface area contributed by atoms with Gasteiger partial charge in [-0.15, -0.1) is 10.2 Å². The number of hydrogen-bond acceptors (Lipinski definition) is 5. The van der Waals surface area contributed by atoms with E-state index in [0.29, 0.717) is 26.8 Å². The number of amides is 1. The summed E-state index contributed by atoms with van der Waals surface area (Å²) in [6.07, 6.45) is 0. The molecule has 0 aliphatic carbocycles. The molecule has 0 unspecified atom stereocenters. The zero-order chi connectivity index (χ0) is 13.8. The molecule has 0 atom stereocenters. The third kappa shape index (κ3) is 3.86. The summed E-state index contributed by atoms with van der Waals surface area (Å²) in [6, 6.07) is 5.01. The average molecular weight is 318 g/mol. The number of aryl methyl sites for hydroxylation is 1. The first-order chi connectivity index (χ1) is 9.06. The summed E-state index contributed by atoms with van der Waals surface area (Å²) in [7, 11) is 0. The number of carbonyl (C=O) groups is 1. The van der Waals surface area contributed by atoms with E-state index in [9.17, 15) is 4.79 Å². The fraction of sp³-hybridized carbons (Fsp3) is 0.182. The number of benzene rings is 1. The molecule has 0 fully saturated rings. The van der Waals surface area contributed by atoms with Crippen molar-refractivity contribution in [1.82, 2.24) is 10.2 Å². The third-order valence-electron chi connectivity index (χ3n) is 2.06. The van der Waals surface area contributed by atoms with Gasteiger partial charge in [0.2, 0.25) is 11.8 Å². The molecule has 0 saturated heterocycles. The molecule has 0 saturated carbocycles. The van der Waals surface area contributed by atoms with Gasteiger partial charge in [0, 0.05) is 6.92 Å². The van der Waals surface area contributed by atoms with Crippen molar-refractivity contribution in [3.8, 4) is 0 Å². The van der Waals surface area contributed by atoms with E-state index >= 15 is 0 Å². The minimum Gasteiger partial charge on any atom is -0.416 e. The van der Waals surface area contributed by atoms with Gasteiger partial charge >= 0.3 is 0 Å². The Bertz CT molecular complexity index is 583. The summed E-state index contributed by atoms with van der Waals surface area (Å²) >= 11 is 13.0. The summed E-state index contributed by atoms with van der Waals surface area (Å²) in [4.78, 5) is 11.8. The van der Waals surface area contributed by atoms with Crippen molar-refractivity contribution in [2.45, 2.75) is 12.1 Å². The molecular formula is C11H9Cl2N3O2S.